The molecule has 0 heterocycles. The zero-order valence-electron chi connectivity index (χ0n) is 16.7. The van der Waals surface area contributed by atoms with Crippen molar-refractivity contribution in [3.63, 3.8) is 0 Å². The number of nitrogens with one attached hydrogen (secondary N) is 1. The molecule has 146 valence electrons. The standard InChI is InChI=1S/C24H27NO3/c1-4-7-17(2)25-24(26)20-11-13-23(27-3)21(14-20)16-28-22-12-10-18-8-5-6-9-19(18)15-22/h5-6,8-15,17H,4,7,16H2,1-3H3,(H,25,26)/t17-/m1/s1. The van der Waals surface area contributed by atoms with Crippen molar-refractivity contribution < 1.29 is 14.3 Å². The minimum Gasteiger partial charge on any atom is -0.496 e. The Hall–Kier alpha value is -3.01. The first-order chi connectivity index (χ1) is 13.6. The van der Waals surface area contributed by atoms with Gasteiger partial charge in [0.05, 0.1) is 7.11 Å². The lowest BCUT2D eigenvalue weighted by Gasteiger charge is -2.15. The zero-order valence-corrected chi connectivity index (χ0v) is 16.7. The van der Waals surface area contributed by atoms with E-state index in [0.717, 1.165) is 29.5 Å². The summed E-state index contributed by atoms with van der Waals surface area (Å²) in [4.78, 5) is 12.5. The summed E-state index contributed by atoms with van der Waals surface area (Å²) in [6.45, 7) is 4.46. The molecule has 0 aliphatic rings. The highest BCUT2D eigenvalue weighted by Gasteiger charge is 2.13. The van der Waals surface area contributed by atoms with Crippen molar-refractivity contribution in [1.29, 1.82) is 0 Å². The number of benzene rings is 3. The van der Waals surface area contributed by atoms with E-state index in [1.807, 2.05) is 49.4 Å². The number of amides is 1. The summed E-state index contributed by atoms with van der Waals surface area (Å²) < 4.78 is 11.4. The first kappa shape index (κ1) is 19.7. The number of fused-ring (bicyclic) bond motifs is 1. The summed E-state index contributed by atoms with van der Waals surface area (Å²) in [6.07, 6.45) is 1.99. The smallest absolute Gasteiger partial charge is 0.251 e. The minimum atomic E-state index is -0.0736. The van der Waals surface area contributed by atoms with Crippen LogP contribution in [0.15, 0.2) is 60.7 Å². The van der Waals surface area contributed by atoms with Crippen LogP contribution in [0.1, 0.15) is 42.6 Å². The van der Waals surface area contributed by atoms with Crippen LogP contribution in [0.3, 0.4) is 0 Å². The van der Waals surface area contributed by atoms with Gasteiger partial charge in [0, 0.05) is 17.2 Å². The average molecular weight is 377 g/mol. The highest BCUT2D eigenvalue weighted by Crippen LogP contribution is 2.25. The van der Waals surface area contributed by atoms with Crippen molar-refractivity contribution in [2.45, 2.75) is 39.3 Å². The fraction of sp³-hybridized carbons (Fsp3) is 0.292. The number of rotatable bonds is 8. The molecule has 0 aromatic heterocycles. The van der Waals surface area contributed by atoms with Crippen LogP contribution in [0.4, 0.5) is 0 Å². The number of carbonyl (C=O) groups is 1. The van der Waals surface area contributed by atoms with Gasteiger partial charge in [0.1, 0.15) is 18.1 Å². The third-order valence-corrected chi connectivity index (χ3v) is 4.76. The average Bonchev–Trinajstić information content (AvgIpc) is 2.72. The molecule has 0 fully saturated rings. The summed E-state index contributed by atoms with van der Waals surface area (Å²) in [5, 5.41) is 5.34. The molecule has 3 rings (SSSR count). The topological polar surface area (TPSA) is 47.6 Å². The summed E-state index contributed by atoms with van der Waals surface area (Å²) in [5.41, 5.74) is 1.45. The van der Waals surface area contributed by atoms with Gasteiger partial charge >= 0.3 is 0 Å². The predicted octanol–water partition coefficient (Wildman–Crippen LogP) is 5.35. The molecule has 1 N–H and O–H groups in total. The van der Waals surface area contributed by atoms with Crippen LogP contribution in [0, 0.1) is 0 Å². The van der Waals surface area contributed by atoms with Gasteiger partial charge in [0.25, 0.3) is 5.91 Å². The molecule has 0 aliphatic heterocycles. The van der Waals surface area contributed by atoms with Crippen LogP contribution in [0.25, 0.3) is 10.8 Å². The number of methoxy groups -OCH3 is 1. The molecule has 0 unspecified atom stereocenters. The van der Waals surface area contributed by atoms with Gasteiger partial charge in [-0.15, -0.1) is 0 Å². The van der Waals surface area contributed by atoms with Crippen LogP contribution in [0.5, 0.6) is 11.5 Å². The summed E-state index contributed by atoms with van der Waals surface area (Å²) >= 11 is 0. The summed E-state index contributed by atoms with van der Waals surface area (Å²) in [5.74, 6) is 1.42. The molecule has 4 heteroatoms. The van der Waals surface area contributed by atoms with Gasteiger partial charge in [-0.3, -0.25) is 4.79 Å². The molecule has 3 aromatic rings. The quantitative estimate of drug-likeness (QED) is 0.576. The Balaban J connectivity index is 1.75. The Labute approximate surface area is 166 Å². The Kier molecular flexibility index (Phi) is 6.53. The van der Waals surface area contributed by atoms with Gasteiger partial charge in [-0.25, -0.2) is 0 Å². The van der Waals surface area contributed by atoms with Crippen molar-refractivity contribution in [1.82, 2.24) is 5.32 Å². The van der Waals surface area contributed by atoms with Crippen LogP contribution >= 0.6 is 0 Å². The van der Waals surface area contributed by atoms with Crippen LogP contribution < -0.4 is 14.8 Å². The molecule has 4 nitrogen and oxygen atoms in total. The highest BCUT2D eigenvalue weighted by atomic mass is 16.5. The van der Waals surface area contributed by atoms with E-state index in [2.05, 4.69) is 24.4 Å². The van der Waals surface area contributed by atoms with E-state index in [0.29, 0.717) is 17.9 Å². The molecule has 0 saturated heterocycles. The number of hydrogen-bond acceptors (Lipinski definition) is 3. The fourth-order valence-electron chi connectivity index (χ4n) is 3.26. The molecule has 1 atom stereocenters. The molecule has 0 spiro atoms. The maximum absolute atomic E-state index is 12.5. The monoisotopic (exact) mass is 377 g/mol. The van der Waals surface area contributed by atoms with Crippen molar-refractivity contribution in [3.05, 3.63) is 71.8 Å². The molecule has 0 bridgehead atoms. The minimum absolute atomic E-state index is 0.0736. The van der Waals surface area contributed by atoms with Gasteiger partial charge in [-0.05, 0) is 54.4 Å². The number of hydrogen-bond donors (Lipinski definition) is 1. The van der Waals surface area contributed by atoms with Gasteiger partial charge < -0.3 is 14.8 Å². The second-order valence-corrected chi connectivity index (χ2v) is 6.99. The van der Waals surface area contributed by atoms with Gasteiger partial charge in [0.15, 0.2) is 0 Å². The van der Waals surface area contributed by atoms with Gasteiger partial charge in [-0.2, -0.15) is 0 Å². The molecular weight excluding hydrogens is 350 g/mol. The fourth-order valence-corrected chi connectivity index (χ4v) is 3.26. The third kappa shape index (κ3) is 4.83. The number of ether oxygens (including phenoxy) is 2. The molecule has 0 aliphatic carbocycles. The molecule has 1 amide bonds. The van der Waals surface area contributed by atoms with E-state index in [9.17, 15) is 4.79 Å². The SMILES string of the molecule is CCC[C@@H](C)NC(=O)c1ccc(OC)c(COc2ccc3ccccc3c2)c1. The lowest BCUT2D eigenvalue weighted by atomic mass is 10.1. The van der Waals surface area contributed by atoms with Crippen molar-refractivity contribution in [2.75, 3.05) is 7.11 Å². The Morgan fingerprint density at radius 2 is 1.82 bits per heavy atom. The molecular formula is C24H27NO3. The maximum Gasteiger partial charge on any atom is 0.251 e. The summed E-state index contributed by atoms with van der Waals surface area (Å²) in [6, 6.07) is 19.8. The Bertz CT molecular complexity index is 951. The number of carbonyl (C=O) groups excluding carboxylic acids is 1. The second kappa shape index (κ2) is 9.27. The van der Waals surface area contributed by atoms with Crippen molar-refractivity contribution in [2.24, 2.45) is 0 Å². The van der Waals surface area contributed by atoms with Crippen LogP contribution in [-0.4, -0.2) is 19.1 Å². The van der Waals surface area contributed by atoms with E-state index in [1.165, 1.54) is 5.39 Å². The van der Waals surface area contributed by atoms with Crippen molar-refractivity contribution >= 4 is 16.7 Å². The van der Waals surface area contributed by atoms with E-state index >= 15 is 0 Å². The highest BCUT2D eigenvalue weighted by molar-refractivity contribution is 5.94. The van der Waals surface area contributed by atoms with Crippen molar-refractivity contribution in [3.8, 4) is 11.5 Å². The van der Waals surface area contributed by atoms with Gasteiger partial charge in [-0.1, -0.05) is 43.7 Å². The van der Waals surface area contributed by atoms with E-state index in [4.69, 9.17) is 9.47 Å². The second-order valence-electron chi connectivity index (χ2n) is 6.99. The molecule has 0 radical (unpaired) electrons. The summed E-state index contributed by atoms with van der Waals surface area (Å²) in [7, 11) is 1.62. The van der Waals surface area contributed by atoms with E-state index < -0.39 is 0 Å². The zero-order chi connectivity index (χ0) is 19.9. The van der Waals surface area contributed by atoms with Gasteiger partial charge in [0.2, 0.25) is 0 Å². The third-order valence-electron chi connectivity index (χ3n) is 4.76. The maximum atomic E-state index is 12.5. The van der Waals surface area contributed by atoms with E-state index in [1.54, 1.807) is 13.2 Å². The largest absolute Gasteiger partial charge is 0.496 e. The lowest BCUT2D eigenvalue weighted by Crippen LogP contribution is -2.32. The first-order valence-electron chi connectivity index (χ1n) is 9.70. The molecule has 3 aromatic carbocycles. The Morgan fingerprint density at radius 3 is 2.57 bits per heavy atom. The lowest BCUT2D eigenvalue weighted by molar-refractivity contribution is 0.0938. The normalized spacial score (nSPS) is 11.8. The van der Waals surface area contributed by atoms with Crippen LogP contribution in [0.2, 0.25) is 0 Å². The van der Waals surface area contributed by atoms with E-state index in [-0.39, 0.29) is 11.9 Å². The predicted molar refractivity (Wildman–Crippen MR) is 113 cm³/mol. The first-order valence-corrected chi connectivity index (χ1v) is 9.70. The molecule has 0 saturated carbocycles. The molecule has 28 heavy (non-hydrogen) atoms. The van der Waals surface area contributed by atoms with Crippen LogP contribution in [-0.2, 0) is 6.61 Å². The Morgan fingerprint density at radius 1 is 1.04 bits per heavy atom.